The maximum absolute atomic E-state index is 5.70. The fourth-order valence-corrected chi connectivity index (χ4v) is 1.33. The fraction of sp³-hybridized carbons (Fsp3) is 0.385. The van der Waals surface area contributed by atoms with Gasteiger partial charge in [-0.15, -0.1) is 0 Å². The van der Waals surface area contributed by atoms with Crippen LogP contribution in [-0.4, -0.2) is 13.2 Å². The summed E-state index contributed by atoms with van der Waals surface area (Å²) in [5.74, 6) is 2.40. The van der Waals surface area contributed by atoms with E-state index in [0.29, 0.717) is 6.61 Å². The highest BCUT2D eigenvalue weighted by molar-refractivity contribution is 5.39. The number of hydrogen-bond donors (Lipinski definition) is 0. The van der Waals surface area contributed by atoms with Gasteiger partial charge in [-0.1, -0.05) is 24.8 Å². The van der Waals surface area contributed by atoms with Crippen LogP contribution in [0, 0.1) is 5.92 Å². The lowest BCUT2D eigenvalue weighted by Gasteiger charge is -2.10. The van der Waals surface area contributed by atoms with Gasteiger partial charge in [0.25, 0.3) is 0 Å². The van der Waals surface area contributed by atoms with Gasteiger partial charge in [0.15, 0.2) is 11.5 Å². The molecule has 1 fully saturated rings. The van der Waals surface area contributed by atoms with E-state index in [0.717, 1.165) is 24.0 Å². The Hall–Kier alpha value is -1.44. The van der Waals surface area contributed by atoms with Crippen LogP contribution >= 0.6 is 0 Å². The van der Waals surface area contributed by atoms with Crippen molar-refractivity contribution in [2.75, 3.05) is 13.2 Å². The zero-order valence-electron chi connectivity index (χ0n) is 8.82. The van der Waals surface area contributed by atoms with Gasteiger partial charge < -0.3 is 9.47 Å². The smallest absolute Gasteiger partial charge is 0.161 e. The predicted molar refractivity (Wildman–Crippen MR) is 60.4 cm³/mol. The molecule has 0 atom stereocenters. The molecule has 1 aromatic rings. The zero-order chi connectivity index (χ0) is 10.5. The standard InChI is InChI=1S/C13H16O2/c1-2-9-14-12-5-3-4-6-13(12)15-10-11-7-8-11/h2-6,11H,1,7-10H2. The minimum atomic E-state index is 0.518. The molecule has 0 spiro atoms. The van der Waals surface area contributed by atoms with E-state index in [1.807, 2.05) is 24.3 Å². The molecule has 0 amide bonds. The molecule has 2 heteroatoms. The number of benzene rings is 1. The van der Waals surface area contributed by atoms with Gasteiger partial charge in [0.05, 0.1) is 6.61 Å². The van der Waals surface area contributed by atoms with Gasteiger partial charge in [0.2, 0.25) is 0 Å². The summed E-state index contributed by atoms with van der Waals surface area (Å²) in [6.07, 6.45) is 4.34. The molecule has 1 aliphatic rings. The van der Waals surface area contributed by atoms with Gasteiger partial charge in [0, 0.05) is 0 Å². The van der Waals surface area contributed by atoms with Gasteiger partial charge in [0.1, 0.15) is 6.61 Å². The Morgan fingerprint density at radius 3 is 2.47 bits per heavy atom. The van der Waals surface area contributed by atoms with Crippen molar-refractivity contribution in [1.29, 1.82) is 0 Å². The predicted octanol–water partition coefficient (Wildman–Crippen LogP) is 3.04. The molecule has 0 aliphatic heterocycles. The summed E-state index contributed by atoms with van der Waals surface area (Å²) < 4.78 is 11.2. The molecule has 0 aromatic heterocycles. The van der Waals surface area contributed by atoms with E-state index in [1.165, 1.54) is 12.8 Å². The SMILES string of the molecule is C=CCOc1ccccc1OCC1CC1. The van der Waals surface area contributed by atoms with E-state index in [2.05, 4.69) is 6.58 Å². The molecule has 1 aromatic carbocycles. The van der Waals surface area contributed by atoms with Gasteiger partial charge >= 0.3 is 0 Å². The highest BCUT2D eigenvalue weighted by Crippen LogP contribution is 2.32. The van der Waals surface area contributed by atoms with E-state index in [9.17, 15) is 0 Å². The average molecular weight is 204 g/mol. The fourth-order valence-electron chi connectivity index (χ4n) is 1.33. The Bertz CT molecular complexity index is 329. The summed E-state index contributed by atoms with van der Waals surface area (Å²) in [6, 6.07) is 7.78. The number of rotatable bonds is 6. The van der Waals surface area contributed by atoms with Crippen LogP contribution in [-0.2, 0) is 0 Å². The van der Waals surface area contributed by atoms with Crippen LogP contribution in [0.5, 0.6) is 11.5 Å². The zero-order valence-corrected chi connectivity index (χ0v) is 8.82. The third-order valence-corrected chi connectivity index (χ3v) is 2.38. The molecule has 1 saturated carbocycles. The van der Waals surface area contributed by atoms with Crippen LogP contribution in [0.1, 0.15) is 12.8 Å². The number of hydrogen-bond acceptors (Lipinski definition) is 2. The summed E-state index contributed by atoms with van der Waals surface area (Å²) in [5, 5.41) is 0. The average Bonchev–Trinajstić information content (AvgIpc) is 3.08. The molecule has 0 bridgehead atoms. The lowest BCUT2D eigenvalue weighted by molar-refractivity contribution is 0.272. The van der Waals surface area contributed by atoms with E-state index in [-0.39, 0.29) is 0 Å². The molecular weight excluding hydrogens is 188 g/mol. The molecule has 1 aliphatic carbocycles. The summed E-state index contributed by atoms with van der Waals surface area (Å²) in [7, 11) is 0. The molecule has 80 valence electrons. The highest BCUT2D eigenvalue weighted by Gasteiger charge is 2.22. The molecule has 15 heavy (non-hydrogen) atoms. The minimum absolute atomic E-state index is 0.518. The quantitative estimate of drug-likeness (QED) is 0.663. The Morgan fingerprint density at radius 1 is 1.20 bits per heavy atom. The Balaban J connectivity index is 1.95. The Kier molecular flexibility index (Phi) is 3.28. The second kappa shape index (κ2) is 4.87. The van der Waals surface area contributed by atoms with E-state index in [1.54, 1.807) is 6.08 Å². The first kappa shape index (κ1) is 10.1. The van der Waals surface area contributed by atoms with Crippen molar-refractivity contribution >= 4 is 0 Å². The third-order valence-electron chi connectivity index (χ3n) is 2.38. The molecule has 2 nitrogen and oxygen atoms in total. The summed E-state index contributed by atoms with van der Waals surface area (Å²) in [5.41, 5.74) is 0. The summed E-state index contributed by atoms with van der Waals surface area (Å²) in [6.45, 7) is 4.96. The molecule has 0 unspecified atom stereocenters. The second-order valence-corrected chi connectivity index (χ2v) is 3.80. The largest absolute Gasteiger partial charge is 0.489 e. The lowest BCUT2D eigenvalue weighted by atomic mass is 10.3. The molecule has 0 radical (unpaired) electrons. The topological polar surface area (TPSA) is 18.5 Å². The molecule has 2 rings (SSSR count). The van der Waals surface area contributed by atoms with Crippen LogP contribution in [0.3, 0.4) is 0 Å². The number of para-hydroxylation sites is 2. The first-order valence-corrected chi connectivity index (χ1v) is 5.35. The van der Waals surface area contributed by atoms with E-state index in [4.69, 9.17) is 9.47 Å². The van der Waals surface area contributed by atoms with Crippen molar-refractivity contribution < 1.29 is 9.47 Å². The maximum atomic E-state index is 5.70. The molecule has 0 N–H and O–H groups in total. The van der Waals surface area contributed by atoms with Crippen LogP contribution in [0.25, 0.3) is 0 Å². The van der Waals surface area contributed by atoms with Crippen molar-refractivity contribution in [2.24, 2.45) is 5.92 Å². The van der Waals surface area contributed by atoms with Crippen LogP contribution in [0.4, 0.5) is 0 Å². The van der Waals surface area contributed by atoms with Gasteiger partial charge in [-0.2, -0.15) is 0 Å². The van der Waals surface area contributed by atoms with Crippen molar-refractivity contribution in [3.05, 3.63) is 36.9 Å². The molecular formula is C13H16O2. The van der Waals surface area contributed by atoms with E-state index < -0.39 is 0 Å². The second-order valence-electron chi connectivity index (χ2n) is 3.80. The number of ether oxygens (including phenoxy) is 2. The first-order valence-electron chi connectivity index (χ1n) is 5.35. The van der Waals surface area contributed by atoms with Crippen LogP contribution in [0.2, 0.25) is 0 Å². The monoisotopic (exact) mass is 204 g/mol. The Morgan fingerprint density at radius 2 is 1.87 bits per heavy atom. The first-order chi connectivity index (χ1) is 7.40. The van der Waals surface area contributed by atoms with Crippen molar-refractivity contribution in [3.8, 4) is 11.5 Å². The lowest BCUT2D eigenvalue weighted by Crippen LogP contribution is -2.02. The van der Waals surface area contributed by atoms with E-state index >= 15 is 0 Å². The maximum Gasteiger partial charge on any atom is 0.161 e. The third kappa shape index (κ3) is 3.01. The normalized spacial score (nSPS) is 14.7. The summed E-state index contributed by atoms with van der Waals surface area (Å²) >= 11 is 0. The van der Waals surface area contributed by atoms with Crippen molar-refractivity contribution in [2.45, 2.75) is 12.8 Å². The van der Waals surface area contributed by atoms with Crippen LogP contribution in [0.15, 0.2) is 36.9 Å². The Labute approximate surface area is 90.5 Å². The van der Waals surface area contributed by atoms with Gasteiger partial charge in [-0.3, -0.25) is 0 Å². The molecule has 0 heterocycles. The van der Waals surface area contributed by atoms with Crippen LogP contribution < -0.4 is 9.47 Å². The van der Waals surface area contributed by atoms with Crippen molar-refractivity contribution in [1.82, 2.24) is 0 Å². The van der Waals surface area contributed by atoms with Gasteiger partial charge in [-0.05, 0) is 30.9 Å². The molecule has 0 saturated heterocycles. The summed E-state index contributed by atoms with van der Waals surface area (Å²) in [4.78, 5) is 0. The van der Waals surface area contributed by atoms with Crippen molar-refractivity contribution in [3.63, 3.8) is 0 Å². The highest BCUT2D eigenvalue weighted by atomic mass is 16.5. The van der Waals surface area contributed by atoms with Gasteiger partial charge in [-0.25, -0.2) is 0 Å². The minimum Gasteiger partial charge on any atom is -0.489 e.